The van der Waals surface area contributed by atoms with Crippen molar-refractivity contribution in [2.75, 3.05) is 13.2 Å². The monoisotopic (exact) mass is 354 g/mol. The molecular formula is C14H12ClFN4O4. The predicted octanol–water partition coefficient (Wildman–Crippen LogP) is 2.24. The molecule has 3 rings (SSSR count). The van der Waals surface area contributed by atoms with Crippen LogP contribution in [0.25, 0.3) is 0 Å². The SMILES string of the molecule is O=C1OCCN1Cc1nonc1C(Cc1ccc(F)c(Cl)c1)=NO. The van der Waals surface area contributed by atoms with E-state index < -0.39 is 11.9 Å². The van der Waals surface area contributed by atoms with Crippen molar-refractivity contribution >= 4 is 23.4 Å². The molecule has 0 bridgehead atoms. The van der Waals surface area contributed by atoms with Crippen LogP contribution in [0.15, 0.2) is 28.0 Å². The van der Waals surface area contributed by atoms with Gasteiger partial charge in [-0.3, -0.25) is 4.90 Å². The van der Waals surface area contributed by atoms with Gasteiger partial charge in [-0.05, 0) is 22.9 Å². The maximum atomic E-state index is 13.2. The lowest BCUT2D eigenvalue weighted by Crippen LogP contribution is -2.25. The molecule has 0 spiro atoms. The highest BCUT2D eigenvalue weighted by atomic mass is 35.5. The van der Waals surface area contributed by atoms with Gasteiger partial charge < -0.3 is 9.94 Å². The average molecular weight is 355 g/mol. The van der Waals surface area contributed by atoms with Crippen LogP contribution < -0.4 is 0 Å². The Morgan fingerprint density at radius 3 is 2.96 bits per heavy atom. The number of carbonyl (C=O) groups excluding carboxylic acids is 1. The summed E-state index contributed by atoms with van der Waals surface area (Å²) in [6, 6.07) is 4.15. The van der Waals surface area contributed by atoms with Crippen LogP contribution >= 0.6 is 11.6 Å². The minimum absolute atomic E-state index is 0.0388. The zero-order valence-corrected chi connectivity index (χ0v) is 13.0. The number of cyclic esters (lactones) is 1. The molecule has 1 aromatic heterocycles. The number of carbonyl (C=O) groups is 1. The smallest absolute Gasteiger partial charge is 0.410 e. The van der Waals surface area contributed by atoms with Crippen molar-refractivity contribution in [1.82, 2.24) is 15.2 Å². The van der Waals surface area contributed by atoms with Crippen molar-refractivity contribution in [3.63, 3.8) is 0 Å². The Kier molecular flexibility index (Phi) is 4.61. The summed E-state index contributed by atoms with van der Waals surface area (Å²) in [5, 5.41) is 19.9. The third-order valence-electron chi connectivity index (χ3n) is 3.49. The average Bonchev–Trinajstić information content (AvgIpc) is 3.18. The van der Waals surface area contributed by atoms with Crippen LogP contribution in [0.1, 0.15) is 17.0 Å². The second kappa shape index (κ2) is 6.83. The molecular weight excluding hydrogens is 343 g/mol. The number of hydrogen-bond donors (Lipinski definition) is 1. The number of oxime groups is 1. The first-order valence-corrected chi connectivity index (χ1v) is 7.34. The molecule has 0 aliphatic carbocycles. The van der Waals surface area contributed by atoms with Crippen molar-refractivity contribution in [2.24, 2.45) is 5.16 Å². The van der Waals surface area contributed by atoms with Gasteiger partial charge in [-0.15, -0.1) is 0 Å². The fourth-order valence-corrected chi connectivity index (χ4v) is 2.49. The number of ether oxygens (including phenoxy) is 1. The molecule has 8 nitrogen and oxygen atoms in total. The van der Waals surface area contributed by atoms with E-state index in [-0.39, 0.29) is 29.4 Å². The Balaban J connectivity index is 1.80. The Morgan fingerprint density at radius 2 is 2.29 bits per heavy atom. The number of halogens is 2. The van der Waals surface area contributed by atoms with Crippen LogP contribution in [0.4, 0.5) is 9.18 Å². The zero-order chi connectivity index (χ0) is 17.1. The number of amides is 1. The topological polar surface area (TPSA) is 101 Å². The number of aromatic nitrogens is 2. The fourth-order valence-electron chi connectivity index (χ4n) is 2.29. The highest BCUT2D eigenvalue weighted by Gasteiger charge is 2.26. The molecule has 0 radical (unpaired) electrons. The number of benzene rings is 1. The molecule has 0 unspecified atom stereocenters. The molecule has 2 heterocycles. The first-order valence-electron chi connectivity index (χ1n) is 6.97. The molecule has 1 aliphatic heterocycles. The molecule has 1 amide bonds. The van der Waals surface area contributed by atoms with Gasteiger partial charge in [0.2, 0.25) is 0 Å². The lowest BCUT2D eigenvalue weighted by molar-refractivity contribution is 0.156. The lowest BCUT2D eigenvalue weighted by atomic mass is 10.0. The van der Waals surface area contributed by atoms with Crippen molar-refractivity contribution in [1.29, 1.82) is 0 Å². The van der Waals surface area contributed by atoms with Crippen LogP contribution in [-0.2, 0) is 17.7 Å². The second-order valence-corrected chi connectivity index (χ2v) is 5.47. The van der Waals surface area contributed by atoms with Gasteiger partial charge in [-0.25, -0.2) is 13.8 Å². The third-order valence-corrected chi connectivity index (χ3v) is 3.78. The molecule has 126 valence electrons. The maximum Gasteiger partial charge on any atom is 0.410 e. The Hall–Kier alpha value is -2.68. The van der Waals surface area contributed by atoms with Crippen molar-refractivity contribution in [3.05, 3.63) is 46.0 Å². The van der Waals surface area contributed by atoms with Crippen LogP contribution in [-0.4, -0.2) is 45.4 Å². The predicted molar refractivity (Wildman–Crippen MR) is 79.5 cm³/mol. The molecule has 1 N–H and O–H groups in total. The van der Waals surface area contributed by atoms with Crippen molar-refractivity contribution < 1.29 is 23.8 Å². The molecule has 1 aliphatic rings. The molecule has 1 saturated heterocycles. The van der Waals surface area contributed by atoms with E-state index in [1.165, 1.54) is 23.1 Å². The minimum atomic E-state index is -0.542. The van der Waals surface area contributed by atoms with Crippen molar-refractivity contribution in [2.45, 2.75) is 13.0 Å². The molecule has 24 heavy (non-hydrogen) atoms. The van der Waals surface area contributed by atoms with E-state index >= 15 is 0 Å². The van der Waals surface area contributed by atoms with E-state index in [0.29, 0.717) is 24.4 Å². The van der Waals surface area contributed by atoms with Gasteiger partial charge in [0.1, 0.15) is 23.8 Å². The summed E-state index contributed by atoms with van der Waals surface area (Å²) >= 11 is 5.74. The van der Waals surface area contributed by atoms with Gasteiger partial charge in [-0.1, -0.05) is 28.0 Å². The Morgan fingerprint density at radius 1 is 1.46 bits per heavy atom. The van der Waals surface area contributed by atoms with Gasteiger partial charge in [-0.2, -0.15) is 0 Å². The van der Waals surface area contributed by atoms with Gasteiger partial charge in [0.25, 0.3) is 0 Å². The van der Waals surface area contributed by atoms with Crippen LogP contribution in [0.3, 0.4) is 0 Å². The van der Waals surface area contributed by atoms with Gasteiger partial charge in [0.05, 0.1) is 18.1 Å². The fraction of sp³-hybridized carbons (Fsp3) is 0.286. The molecule has 0 atom stereocenters. The third kappa shape index (κ3) is 3.30. The van der Waals surface area contributed by atoms with Gasteiger partial charge >= 0.3 is 6.09 Å². The number of nitrogens with zero attached hydrogens (tertiary/aromatic N) is 4. The maximum absolute atomic E-state index is 13.2. The first-order chi connectivity index (χ1) is 11.6. The summed E-state index contributed by atoms with van der Waals surface area (Å²) in [5.74, 6) is -0.542. The van der Waals surface area contributed by atoms with Crippen LogP contribution in [0, 0.1) is 5.82 Å². The Bertz CT molecular complexity index is 795. The second-order valence-electron chi connectivity index (χ2n) is 5.07. The summed E-state index contributed by atoms with van der Waals surface area (Å²) in [5.41, 5.74) is 1.30. The molecule has 1 aromatic carbocycles. The minimum Gasteiger partial charge on any atom is -0.448 e. The normalized spacial score (nSPS) is 15.0. The summed E-state index contributed by atoms with van der Waals surface area (Å²) in [6.07, 6.45) is -0.334. The van der Waals surface area contributed by atoms with Crippen molar-refractivity contribution in [3.8, 4) is 0 Å². The standard InChI is InChI=1S/C14H12ClFN4O4/c15-9-5-8(1-2-10(9)16)6-11(17-22)13-12(18-24-19-13)7-20-3-4-23-14(20)21/h1-2,5,22H,3-4,6-7H2. The van der Waals surface area contributed by atoms with Gasteiger partial charge in [0, 0.05) is 6.42 Å². The van der Waals surface area contributed by atoms with E-state index in [1.54, 1.807) is 0 Å². The summed E-state index contributed by atoms with van der Waals surface area (Å²) in [7, 11) is 0. The Labute approximate surface area is 140 Å². The highest BCUT2D eigenvalue weighted by Crippen LogP contribution is 2.19. The van der Waals surface area contributed by atoms with E-state index in [9.17, 15) is 14.4 Å². The zero-order valence-electron chi connectivity index (χ0n) is 12.3. The molecule has 1 fully saturated rings. The first kappa shape index (κ1) is 16.2. The quantitative estimate of drug-likeness (QED) is 0.502. The van der Waals surface area contributed by atoms with E-state index in [2.05, 4.69) is 15.5 Å². The molecule has 0 saturated carbocycles. The molecule has 10 heteroatoms. The molecule has 2 aromatic rings. The van der Waals surface area contributed by atoms with Gasteiger partial charge in [0.15, 0.2) is 5.69 Å². The summed E-state index contributed by atoms with van der Waals surface area (Å²) < 4.78 is 22.8. The number of hydrogen-bond acceptors (Lipinski definition) is 7. The summed E-state index contributed by atoms with van der Waals surface area (Å²) in [4.78, 5) is 12.9. The largest absolute Gasteiger partial charge is 0.448 e. The van der Waals surface area contributed by atoms with E-state index in [1.807, 2.05) is 0 Å². The van der Waals surface area contributed by atoms with E-state index in [0.717, 1.165) is 0 Å². The lowest BCUT2D eigenvalue weighted by Gasteiger charge is -2.10. The van der Waals surface area contributed by atoms with Crippen LogP contribution in [0.2, 0.25) is 5.02 Å². The summed E-state index contributed by atoms with van der Waals surface area (Å²) in [6.45, 7) is 0.833. The number of rotatable bonds is 5. The van der Waals surface area contributed by atoms with E-state index in [4.69, 9.17) is 21.0 Å². The van der Waals surface area contributed by atoms with Crippen LogP contribution in [0.5, 0.6) is 0 Å². The highest BCUT2D eigenvalue weighted by molar-refractivity contribution is 6.30.